The van der Waals surface area contributed by atoms with E-state index >= 15 is 0 Å². The van der Waals surface area contributed by atoms with E-state index in [1.165, 1.54) is 21.8 Å². The van der Waals surface area contributed by atoms with Gasteiger partial charge < -0.3 is 14.4 Å². The Labute approximate surface area is 160 Å². The molecular formula is C19H20N2O3S2. The summed E-state index contributed by atoms with van der Waals surface area (Å²) >= 11 is 3.10. The third-order valence-corrected chi connectivity index (χ3v) is 5.95. The Morgan fingerprint density at radius 1 is 1.15 bits per heavy atom. The quantitative estimate of drug-likeness (QED) is 0.625. The van der Waals surface area contributed by atoms with E-state index in [0.29, 0.717) is 23.7 Å². The minimum absolute atomic E-state index is 0.0826. The van der Waals surface area contributed by atoms with Crippen LogP contribution in [-0.4, -0.2) is 37.1 Å². The zero-order valence-corrected chi connectivity index (χ0v) is 16.7. The number of carbonyl (C=O) groups excluding carboxylic acids is 1. The fourth-order valence-corrected chi connectivity index (χ4v) is 4.27. The average molecular weight is 389 g/mol. The normalized spacial score (nSPS) is 10.6. The van der Waals surface area contributed by atoms with Crippen LogP contribution in [-0.2, 0) is 6.54 Å². The minimum Gasteiger partial charge on any atom is -0.493 e. The Balaban J connectivity index is 1.79. The van der Waals surface area contributed by atoms with Crippen LogP contribution >= 0.6 is 22.7 Å². The third kappa shape index (κ3) is 3.73. The molecular weight excluding hydrogens is 368 g/mol. The molecule has 0 fully saturated rings. The van der Waals surface area contributed by atoms with Crippen LogP contribution in [0.25, 0.3) is 10.6 Å². The molecule has 0 aliphatic heterocycles. The fourth-order valence-electron chi connectivity index (χ4n) is 2.52. The minimum atomic E-state index is -0.0826. The first-order valence-electron chi connectivity index (χ1n) is 8.00. The maximum atomic E-state index is 12.7. The number of nitrogens with zero attached hydrogens (tertiary/aromatic N) is 2. The van der Waals surface area contributed by atoms with Crippen molar-refractivity contribution in [2.75, 3.05) is 21.3 Å². The van der Waals surface area contributed by atoms with Crippen molar-refractivity contribution in [3.63, 3.8) is 0 Å². The summed E-state index contributed by atoms with van der Waals surface area (Å²) in [7, 11) is 5.00. The Morgan fingerprint density at radius 2 is 1.92 bits per heavy atom. The Morgan fingerprint density at radius 3 is 2.58 bits per heavy atom. The van der Waals surface area contributed by atoms with Crippen LogP contribution < -0.4 is 9.47 Å². The second kappa shape index (κ2) is 7.88. The predicted molar refractivity (Wildman–Crippen MR) is 106 cm³/mol. The molecule has 2 aromatic heterocycles. The molecule has 0 N–H and O–H groups in total. The summed E-state index contributed by atoms with van der Waals surface area (Å²) in [6.07, 6.45) is 0. The molecule has 0 unspecified atom stereocenters. The number of aryl methyl sites for hydroxylation is 1. The van der Waals surface area contributed by atoms with Crippen molar-refractivity contribution < 1.29 is 14.3 Å². The molecule has 7 heteroatoms. The number of hydrogen-bond donors (Lipinski definition) is 0. The molecule has 26 heavy (non-hydrogen) atoms. The van der Waals surface area contributed by atoms with Gasteiger partial charge in [-0.3, -0.25) is 4.79 Å². The molecule has 0 saturated heterocycles. The summed E-state index contributed by atoms with van der Waals surface area (Å²) in [6, 6.07) is 7.68. The van der Waals surface area contributed by atoms with Crippen molar-refractivity contribution in [3.05, 3.63) is 51.2 Å². The highest BCUT2D eigenvalue weighted by molar-refractivity contribution is 7.13. The molecule has 0 spiro atoms. The standard InChI is InChI=1S/C19H20N2O3S2/c1-12-7-8-25-17(12)10-21(2)19(22)14-11-26-18(20-14)13-5-6-15(23-3)16(9-13)24-4/h5-9,11H,10H2,1-4H3. The smallest absolute Gasteiger partial charge is 0.273 e. The number of amides is 1. The number of rotatable bonds is 6. The number of ether oxygens (including phenoxy) is 2. The monoisotopic (exact) mass is 388 g/mol. The van der Waals surface area contributed by atoms with Gasteiger partial charge in [0.25, 0.3) is 5.91 Å². The predicted octanol–water partition coefficient (Wildman–Crippen LogP) is 4.47. The van der Waals surface area contributed by atoms with E-state index in [1.807, 2.05) is 23.6 Å². The zero-order valence-electron chi connectivity index (χ0n) is 15.1. The van der Waals surface area contributed by atoms with Crippen LogP contribution in [0.4, 0.5) is 0 Å². The molecule has 0 bridgehead atoms. The van der Waals surface area contributed by atoms with Crippen LogP contribution in [0.1, 0.15) is 20.9 Å². The van der Waals surface area contributed by atoms with Gasteiger partial charge in [-0.05, 0) is 42.1 Å². The molecule has 3 aromatic rings. The van der Waals surface area contributed by atoms with Crippen molar-refractivity contribution >= 4 is 28.6 Å². The number of hydrogen-bond acceptors (Lipinski definition) is 6. The van der Waals surface area contributed by atoms with E-state index in [1.54, 1.807) is 42.9 Å². The lowest BCUT2D eigenvalue weighted by Crippen LogP contribution is -2.26. The molecule has 0 aliphatic carbocycles. The van der Waals surface area contributed by atoms with Gasteiger partial charge in [0.2, 0.25) is 0 Å². The first kappa shape index (κ1) is 18.4. The first-order valence-corrected chi connectivity index (χ1v) is 9.75. The Bertz CT molecular complexity index is 917. The average Bonchev–Trinajstić information content (AvgIpc) is 3.30. The third-order valence-electron chi connectivity index (χ3n) is 4.05. The van der Waals surface area contributed by atoms with Gasteiger partial charge in [-0.25, -0.2) is 4.98 Å². The topological polar surface area (TPSA) is 51.7 Å². The molecule has 0 radical (unpaired) electrons. The van der Waals surface area contributed by atoms with Crippen LogP contribution in [0.15, 0.2) is 35.0 Å². The van der Waals surface area contributed by atoms with Crippen molar-refractivity contribution in [2.45, 2.75) is 13.5 Å². The molecule has 2 heterocycles. The van der Waals surface area contributed by atoms with Gasteiger partial charge in [0.1, 0.15) is 10.7 Å². The fraction of sp³-hybridized carbons (Fsp3) is 0.263. The van der Waals surface area contributed by atoms with E-state index in [2.05, 4.69) is 18.0 Å². The van der Waals surface area contributed by atoms with Crippen LogP contribution in [0.2, 0.25) is 0 Å². The second-order valence-corrected chi connectivity index (χ2v) is 7.65. The van der Waals surface area contributed by atoms with E-state index < -0.39 is 0 Å². The summed E-state index contributed by atoms with van der Waals surface area (Å²) in [4.78, 5) is 20.1. The number of thiophene rings is 1. The number of benzene rings is 1. The van der Waals surface area contributed by atoms with Gasteiger partial charge >= 0.3 is 0 Å². The summed E-state index contributed by atoms with van der Waals surface area (Å²) in [6.45, 7) is 2.65. The molecule has 136 valence electrons. The highest BCUT2D eigenvalue weighted by atomic mass is 32.1. The van der Waals surface area contributed by atoms with Crippen molar-refractivity contribution in [3.8, 4) is 22.1 Å². The molecule has 0 aliphatic rings. The summed E-state index contributed by atoms with van der Waals surface area (Å²) < 4.78 is 10.6. The molecule has 0 atom stereocenters. The van der Waals surface area contributed by atoms with E-state index in [9.17, 15) is 4.79 Å². The van der Waals surface area contributed by atoms with Crippen molar-refractivity contribution in [1.82, 2.24) is 9.88 Å². The van der Waals surface area contributed by atoms with Crippen molar-refractivity contribution in [2.24, 2.45) is 0 Å². The summed E-state index contributed by atoms with van der Waals surface area (Å²) in [5.41, 5.74) is 2.55. The summed E-state index contributed by atoms with van der Waals surface area (Å²) in [5, 5.41) is 4.61. The highest BCUT2D eigenvalue weighted by Crippen LogP contribution is 2.33. The highest BCUT2D eigenvalue weighted by Gasteiger charge is 2.18. The molecule has 5 nitrogen and oxygen atoms in total. The number of carbonyl (C=O) groups is 1. The van der Waals surface area contributed by atoms with Gasteiger partial charge in [-0.15, -0.1) is 22.7 Å². The summed E-state index contributed by atoms with van der Waals surface area (Å²) in [5.74, 6) is 1.22. The molecule has 3 rings (SSSR count). The first-order chi connectivity index (χ1) is 12.5. The molecule has 0 saturated carbocycles. The van der Waals surface area contributed by atoms with Crippen LogP contribution in [0.5, 0.6) is 11.5 Å². The lowest BCUT2D eigenvalue weighted by molar-refractivity contribution is 0.0781. The SMILES string of the molecule is COc1ccc(-c2nc(C(=O)N(C)Cc3sccc3C)cs2)cc1OC. The molecule has 1 amide bonds. The van der Waals surface area contributed by atoms with Gasteiger partial charge in [0.15, 0.2) is 11.5 Å². The van der Waals surface area contributed by atoms with Gasteiger partial charge in [-0.2, -0.15) is 0 Å². The van der Waals surface area contributed by atoms with E-state index in [-0.39, 0.29) is 5.91 Å². The van der Waals surface area contributed by atoms with Gasteiger partial charge in [0, 0.05) is 22.9 Å². The van der Waals surface area contributed by atoms with Crippen LogP contribution in [0, 0.1) is 6.92 Å². The Hall–Kier alpha value is -2.38. The number of methoxy groups -OCH3 is 2. The van der Waals surface area contributed by atoms with Crippen LogP contribution in [0.3, 0.4) is 0 Å². The largest absolute Gasteiger partial charge is 0.493 e. The van der Waals surface area contributed by atoms with Crippen molar-refractivity contribution in [1.29, 1.82) is 0 Å². The maximum Gasteiger partial charge on any atom is 0.273 e. The maximum absolute atomic E-state index is 12.7. The lowest BCUT2D eigenvalue weighted by Gasteiger charge is -2.15. The van der Waals surface area contributed by atoms with E-state index in [4.69, 9.17) is 9.47 Å². The Kier molecular flexibility index (Phi) is 5.58. The number of aromatic nitrogens is 1. The molecule has 1 aromatic carbocycles. The number of thiazole rings is 1. The van der Waals surface area contributed by atoms with Gasteiger partial charge in [0.05, 0.1) is 20.8 Å². The zero-order chi connectivity index (χ0) is 18.7. The van der Waals surface area contributed by atoms with E-state index in [0.717, 1.165) is 10.6 Å². The second-order valence-electron chi connectivity index (χ2n) is 5.80. The lowest BCUT2D eigenvalue weighted by atomic mass is 10.2. The van der Waals surface area contributed by atoms with Gasteiger partial charge in [-0.1, -0.05) is 0 Å².